The third kappa shape index (κ3) is 3.87. The van der Waals surface area contributed by atoms with Gasteiger partial charge in [-0.2, -0.15) is 13.7 Å². The Bertz CT molecular complexity index is 936. The van der Waals surface area contributed by atoms with Crippen molar-refractivity contribution in [3.63, 3.8) is 0 Å². The molecule has 0 atom stereocenters. The summed E-state index contributed by atoms with van der Waals surface area (Å²) in [5.41, 5.74) is 0.779. The minimum atomic E-state index is -4.12. The minimum absolute atomic E-state index is 0.0238. The second kappa shape index (κ2) is 7.76. The molecule has 0 aromatic heterocycles. The Morgan fingerprint density at radius 3 is 2.23 bits per heavy atom. The Morgan fingerprint density at radius 1 is 1.08 bits per heavy atom. The van der Waals surface area contributed by atoms with Gasteiger partial charge in [0.25, 0.3) is 0 Å². The van der Waals surface area contributed by atoms with Gasteiger partial charge >= 0.3 is 15.9 Å². The fourth-order valence-electron chi connectivity index (χ4n) is 2.23. The fourth-order valence-corrected chi connectivity index (χ4v) is 3.19. The highest BCUT2D eigenvalue weighted by molar-refractivity contribution is 7.87. The molecular formula is C19H17NO5S. The lowest BCUT2D eigenvalue weighted by Crippen LogP contribution is -2.29. The van der Waals surface area contributed by atoms with Crippen LogP contribution in [-0.4, -0.2) is 8.42 Å². The summed E-state index contributed by atoms with van der Waals surface area (Å²) >= 11 is 0. The zero-order valence-corrected chi connectivity index (χ0v) is 14.9. The molecule has 0 N–H and O–H groups in total. The van der Waals surface area contributed by atoms with Gasteiger partial charge in [-0.05, 0) is 36.8 Å². The van der Waals surface area contributed by atoms with Gasteiger partial charge in [0.1, 0.15) is 4.90 Å². The first-order valence-corrected chi connectivity index (χ1v) is 8.88. The molecule has 0 aliphatic heterocycles. The maximum absolute atomic E-state index is 12.6. The number of ether oxygens (including phenoxy) is 2. The average Bonchev–Trinajstić information content (AvgIpc) is 2.62. The van der Waals surface area contributed by atoms with Gasteiger partial charge in [-0.3, -0.25) is 0 Å². The van der Waals surface area contributed by atoms with Gasteiger partial charge in [0.15, 0.2) is 11.8 Å². The van der Waals surface area contributed by atoms with Crippen LogP contribution in [0.4, 0.5) is 0 Å². The van der Waals surface area contributed by atoms with Crippen LogP contribution in [0.3, 0.4) is 0 Å². The highest BCUT2D eigenvalue weighted by Gasteiger charge is 2.40. The second-order valence-corrected chi connectivity index (χ2v) is 6.69. The van der Waals surface area contributed by atoms with E-state index in [1.54, 1.807) is 31.2 Å². The lowest BCUT2D eigenvalue weighted by atomic mass is 10.0. The van der Waals surface area contributed by atoms with E-state index in [0.717, 1.165) is 18.1 Å². The van der Waals surface area contributed by atoms with Crippen molar-refractivity contribution in [1.82, 2.24) is 0 Å². The predicted molar refractivity (Wildman–Crippen MR) is 95.3 cm³/mol. The van der Waals surface area contributed by atoms with Gasteiger partial charge < -0.3 is 13.7 Å². The molecule has 0 amide bonds. The third-order valence-electron chi connectivity index (χ3n) is 3.37. The van der Waals surface area contributed by atoms with Crippen molar-refractivity contribution < 1.29 is 22.1 Å². The Labute approximate surface area is 152 Å². The molecule has 2 aromatic carbocycles. The van der Waals surface area contributed by atoms with Crippen LogP contribution in [0.15, 0.2) is 79.1 Å². The molecule has 6 nitrogen and oxygen atoms in total. The van der Waals surface area contributed by atoms with Crippen molar-refractivity contribution in [3.8, 4) is 11.8 Å². The van der Waals surface area contributed by atoms with Crippen molar-refractivity contribution in [3.05, 3.63) is 85.3 Å². The first-order valence-electron chi connectivity index (χ1n) is 7.48. The van der Waals surface area contributed by atoms with E-state index in [4.69, 9.17) is 13.7 Å². The van der Waals surface area contributed by atoms with Gasteiger partial charge in [-0.25, -0.2) is 0 Å². The van der Waals surface area contributed by atoms with Crippen molar-refractivity contribution in [1.29, 1.82) is 5.26 Å². The van der Waals surface area contributed by atoms with E-state index in [-0.39, 0.29) is 16.2 Å². The number of rotatable bonds is 8. The number of hydrogen-bond donors (Lipinski definition) is 0. The van der Waals surface area contributed by atoms with Crippen molar-refractivity contribution in [2.75, 3.05) is 0 Å². The largest absolute Gasteiger partial charge is 0.445 e. The highest BCUT2D eigenvalue weighted by atomic mass is 32.2. The van der Waals surface area contributed by atoms with E-state index >= 15 is 0 Å². The van der Waals surface area contributed by atoms with E-state index in [2.05, 4.69) is 13.2 Å². The van der Waals surface area contributed by atoms with Gasteiger partial charge in [0.05, 0.1) is 18.1 Å². The molecule has 0 saturated heterocycles. The standard InChI is InChI=1S/C19H17NO5S/c1-4-23-19(14-20,24-5-2)17-12-11-15(3)13-18(17)25-26(21,22)16-9-7-6-8-10-16/h4-13H,1-2H2,3H3. The van der Waals surface area contributed by atoms with Crippen LogP contribution in [-0.2, 0) is 25.4 Å². The Kier molecular flexibility index (Phi) is 5.70. The summed E-state index contributed by atoms with van der Waals surface area (Å²) in [6, 6.07) is 14.1. The Morgan fingerprint density at radius 2 is 1.69 bits per heavy atom. The molecule has 0 radical (unpaired) electrons. The van der Waals surface area contributed by atoms with E-state index in [1.807, 2.05) is 6.07 Å². The summed E-state index contributed by atoms with van der Waals surface area (Å²) in [6.07, 6.45) is 2.03. The molecular weight excluding hydrogens is 354 g/mol. The molecule has 134 valence electrons. The van der Waals surface area contributed by atoms with Crippen LogP contribution in [0.1, 0.15) is 11.1 Å². The van der Waals surface area contributed by atoms with E-state index < -0.39 is 15.9 Å². The quantitative estimate of drug-likeness (QED) is 0.399. The molecule has 7 heteroatoms. The number of nitriles is 1. The molecule has 0 aliphatic carbocycles. The lowest BCUT2D eigenvalue weighted by Gasteiger charge is -2.26. The lowest BCUT2D eigenvalue weighted by molar-refractivity contribution is -0.134. The Balaban J connectivity index is 2.60. The topological polar surface area (TPSA) is 85.6 Å². The molecule has 0 fully saturated rings. The number of aryl methyl sites for hydroxylation is 1. The third-order valence-corrected chi connectivity index (χ3v) is 4.62. The smallest absolute Gasteiger partial charge is 0.372 e. The van der Waals surface area contributed by atoms with Crippen LogP contribution in [0.5, 0.6) is 5.75 Å². The van der Waals surface area contributed by atoms with Crippen LogP contribution in [0, 0.1) is 18.3 Å². The zero-order valence-electron chi connectivity index (χ0n) is 14.1. The van der Waals surface area contributed by atoms with E-state index in [9.17, 15) is 13.7 Å². The molecule has 26 heavy (non-hydrogen) atoms. The van der Waals surface area contributed by atoms with Crippen LogP contribution < -0.4 is 4.18 Å². The SMILES string of the molecule is C=COC(C#N)(OC=C)c1ccc(C)cc1OS(=O)(=O)c1ccccc1. The van der Waals surface area contributed by atoms with Gasteiger partial charge in [0.2, 0.25) is 0 Å². The average molecular weight is 371 g/mol. The molecule has 0 saturated carbocycles. The maximum atomic E-state index is 12.6. The maximum Gasteiger partial charge on any atom is 0.372 e. The monoisotopic (exact) mass is 371 g/mol. The molecule has 0 bridgehead atoms. The first kappa shape index (κ1) is 19.1. The number of nitrogens with zero attached hydrogens (tertiary/aromatic N) is 1. The van der Waals surface area contributed by atoms with Crippen LogP contribution >= 0.6 is 0 Å². The van der Waals surface area contributed by atoms with Gasteiger partial charge in [-0.15, -0.1) is 0 Å². The first-order chi connectivity index (χ1) is 12.4. The number of hydrogen-bond acceptors (Lipinski definition) is 6. The second-order valence-electron chi connectivity index (χ2n) is 5.15. The minimum Gasteiger partial charge on any atom is -0.445 e. The Hall–Kier alpha value is -3.24. The summed E-state index contributed by atoms with van der Waals surface area (Å²) in [7, 11) is -4.12. The van der Waals surface area contributed by atoms with Crippen LogP contribution in [0.25, 0.3) is 0 Å². The van der Waals surface area contributed by atoms with Crippen molar-refractivity contribution >= 4 is 10.1 Å². The summed E-state index contributed by atoms with van der Waals surface area (Å²) in [6.45, 7) is 8.60. The molecule has 0 heterocycles. The summed E-state index contributed by atoms with van der Waals surface area (Å²) in [4.78, 5) is -0.0238. The highest BCUT2D eigenvalue weighted by Crippen LogP contribution is 2.36. The van der Waals surface area contributed by atoms with E-state index in [1.165, 1.54) is 24.3 Å². The van der Waals surface area contributed by atoms with Gasteiger partial charge in [0, 0.05) is 0 Å². The molecule has 0 spiro atoms. The van der Waals surface area contributed by atoms with Gasteiger partial charge in [-0.1, -0.05) is 37.4 Å². The van der Waals surface area contributed by atoms with Crippen molar-refractivity contribution in [2.24, 2.45) is 0 Å². The molecule has 0 aliphatic rings. The summed E-state index contributed by atoms with van der Waals surface area (Å²) in [5.74, 6) is -2.09. The zero-order chi connectivity index (χ0) is 19.2. The fraction of sp³-hybridized carbons (Fsp3) is 0.105. The molecule has 2 aromatic rings. The predicted octanol–water partition coefficient (Wildman–Crippen LogP) is 3.76. The van der Waals surface area contributed by atoms with Crippen LogP contribution in [0.2, 0.25) is 0 Å². The summed E-state index contributed by atoms with van der Waals surface area (Å²) in [5, 5.41) is 9.60. The molecule has 2 rings (SSSR count). The van der Waals surface area contributed by atoms with E-state index in [0.29, 0.717) is 0 Å². The summed E-state index contributed by atoms with van der Waals surface area (Å²) < 4.78 is 40.9. The molecule has 0 unspecified atom stereocenters. The van der Waals surface area contributed by atoms with Crippen molar-refractivity contribution in [2.45, 2.75) is 17.6 Å². The number of benzene rings is 2. The normalized spacial score (nSPS) is 11.1.